The minimum atomic E-state index is -4.36. The predicted octanol–water partition coefficient (Wildman–Crippen LogP) is 2.75. The van der Waals surface area contributed by atoms with Gasteiger partial charge in [0, 0.05) is 32.4 Å². The minimum absolute atomic E-state index is 0.234. The molecule has 0 radical (unpaired) electrons. The van der Waals surface area contributed by atoms with Gasteiger partial charge in [-0.1, -0.05) is 12.1 Å². The lowest BCUT2D eigenvalue weighted by Gasteiger charge is -2.25. The van der Waals surface area contributed by atoms with E-state index in [0.29, 0.717) is 25.1 Å². The molecule has 1 N–H and O–H groups in total. The van der Waals surface area contributed by atoms with Crippen LogP contribution in [-0.4, -0.2) is 32.2 Å². The Morgan fingerprint density at radius 1 is 1.35 bits per heavy atom. The number of likely N-dealkylation sites (tertiary alicyclic amines) is 1. The number of halogens is 3. The topological polar surface area (TPSA) is 41.3 Å². The fraction of sp³-hybridized carbons (Fsp3) is 0.438. The molecule has 0 bridgehead atoms. The van der Waals surface area contributed by atoms with E-state index in [0.717, 1.165) is 11.8 Å². The summed E-state index contributed by atoms with van der Waals surface area (Å²) >= 11 is 0. The SMILES string of the molecule is Cn1cncc1CN1C[C@H](O)C[C@H]1c1cccc(C(F)(F)F)c1. The van der Waals surface area contributed by atoms with Crippen LogP contribution in [0, 0.1) is 0 Å². The first-order valence-corrected chi connectivity index (χ1v) is 7.39. The molecule has 1 fully saturated rings. The lowest BCUT2D eigenvalue weighted by Crippen LogP contribution is -2.25. The Balaban J connectivity index is 1.86. The molecule has 0 spiro atoms. The van der Waals surface area contributed by atoms with Gasteiger partial charge >= 0.3 is 6.18 Å². The van der Waals surface area contributed by atoms with Gasteiger partial charge in [0.05, 0.1) is 23.7 Å². The van der Waals surface area contributed by atoms with Crippen molar-refractivity contribution < 1.29 is 18.3 Å². The van der Waals surface area contributed by atoms with Crippen molar-refractivity contribution in [2.24, 2.45) is 7.05 Å². The maximum atomic E-state index is 12.9. The van der Waals surface area contributed by atoms with Crippen LogP contribution in [0.2, 0.25) is 0 Å². The van der Waals surface area contributed by atoms with Crippen LogP contribution < -0.4 is 0 Å². The zero-order chi connectivity index (χ0) is 16.6. The molecule has 4 nitrogen and oxygen atoms in total. The van der Waals surface area contributed by atoms with E-state index in [9.17, 15) is 18.3 Å². The van der Waals surface area contributed by atoms with Crippen LogP contribution in [0.5, 0.6) is 0 Å². The summed E-state index contributed by atoms with van der Waals surface area (Å²) in [5, 5.41) is 9.97. The van der Waals surface area contributed by atoms with Gasteiger partial charge in [0.15, 0.2) is 0 Å². The maximum Gasteiger partial charge on any atom is 0.416 e. The molecular formula is C16H18F3N3O. The first-order valence-electron chi connectivity index (χ1n) is 7.39. The van der Waals surface area contributed by atoms with Crippen LogP contribution in [0.1, 0.15) is 29.3 Å². The average molecular weight is 325 g/mol. The van der Waals surface area contributed by atoms with Crippen LogP contribution in [-0.2, 0) is 19.8 Å². The number of benzene rings is 1. The molecule has 0 saturated carbocycles. The second-order valence-electron chi connectivity index (χ2n) is 5.95. The quantitative estimate of drug-likeness (QED) is 0.943. The second-order valence-corrected chi connectivity index (χ2v) is 5.95. The van der Waals surface area contributed by atoms with E-state index >= 15 is 0 Å². The number of aliphatic hydroxyl groups excluding tert-OH is 1. The van der Waals surface area contributed by atoms with E-state index in [4.69, 9.17) is 0 Å². The summed E-state index contributed by atoms with van der Waals surface area (Å²) in [6.07, 6.45) is -1.06. The molecular weight excluding hydrogens is 307 g/mol. The van der Waals surface area contributed by atoms with E-state index < -0.39 is 17.8 Å². The van der Waals surface area contributed by atoms with Crippen molar-refractivity contribution in [2.75, 3.05) is 6.54 Å². The third-order valence-electron chi connectivity index (χ3n) is 4.26. The van der Waals surface area contributed by atoms with Crippen LogP contribution in [0.15, 0.2) is 36.8 Å². The van der Waals surface area contributed by atoms with Crippen LogP contribution in [0.3, 0.4) is 0 Å². The van der Waals surface area contributed by atoms with Crippen molar-refractivity contribution in [3.05, 3.63) is 53.6 Å². The fourth-order valence-corrected chi connectivity index (χ4v) is 3.07. The molecule has 1 aliphatic heterocycles. The second kappa shape index (κ2) is 5.98. The summed E-state index contributed by atoms with van der Waals surface area (Å²) in [5.41, 5.74) is 0.881. The van der Waals surface area contributed by atoms with Crippen molar-refractivity contribution in [3.63, 3.8) is 0 Å². The zero-order valence-corrected chi connectivity index (χ0v) is 12.7. The average Bonchev–Trinajstić information content (AvgIpc) is 3.05. The number of rotatable bonds is 3. The van der Waals surface area contributed by atoms with E-state index in [1.807, 2.05) is 16.5 Å². The van der Waals surface area contributed by atoms with Crippen LogP contribution >= 0.6 is 0 Å². The number of hydrogen-bond acceptors (Lipinski definition) is 3. The van der Waals surface area contributed by atoms with Gasteiger partial charge in [-0.2, -0.15) is 13.2 Å². The van der Waals surface area contributed by atoms with Crippen molar-refractivity contribution in [3.8, 4) is 0 Å². The highest BCUT2D eigenvalue weighted by atomic mass is 19.4. The Kier molecular flexibility index (Phi) is 4.16. The Bertz CT molecular complexity index is 683. The number of β-amino-alcohol motifs (C(OH)–C–C–N with tert-alkyl or cyclic N) is 1. The van der Waals surface area contributed by atoms with Gasteiger partial charge in [0.2, 0.25) is 0 Å². The molecule has 0 unspecified atom stereocenters. The number of aromatic nitrogens is 2. The molecule has 1 aromatic carbocycles. The summed E-state index contributed by atoms with van der Waals surface area (Å²) in [4.78, 5) is 6.05. The zero-order valence-electron chi connectivity index (χ0n) is 12.7. The molecule has 0 amide bonds. The highest BCUT2D eigenvalue weighted by Crippen LogP contribution is 2.36. The monoisotopic (exact) mass is 325 g/mol. The molecule has 124 valence electrons. The van der Waals surface area contributed by atoms with Crippen molar-refractivity contribution >= 4 is 0 Å². The Hall–Kier alpha value is -1.86. The molecule has 7 heteroatoms. The summed E-state index contributed by atoms with van der Waals surface area (Å²) in [7, 11) is 1.87. The highest BCUT2D eigenvalue weighted by Gasteiger charge is 2.35. The minimum Gasteiger partial charge on any atom is -0.392 e. The number of nitrogens with zero attached hydrogens (tertiary/aromatic N) is 3. The van der Waals surface area contributed by atoms with E-state index in [2.05, 4.69) is 4.98 Å². The summed E-state index contributed by atoms with van der Waals surface area (Å²) < 4.78 is 40.6. The van der Waals surface area contributed by atoms with Gasteiger partial charge in [-0.05, 0) is 24.1 Å². The molecule has 2 atom stereocenters. The largest absolute Gasteiger partial charge is 0.416 e. The number of hydrogen-bond donors (Lipinski definition) is 1. The number of imidazole rings is 1. The van der Waals surface area contributed by atoms with E-state index in [1.165, 1.54) is 12.1 Å². The van der Waals surface area contributed by atoms with E-state index in [1.54, 1.807) is 18.6 Å². The van der Waals surface area contributed by atoms with Gasteiger partial charge in [0.1, 0.15) is 0 Å². The van der Waals surface area contributed by atoms with E-state index in [-0.39, 0.29) is 6.04 Å². The van der Waals surface area contributed by atoms with Crippen molar-refractivity contribution in [1.82, 2.24) is 14.5 Å². The highest BCUT2D eigenvalue weighted by molar-refractivity contribution is 5.29. The summed E-state index contributed by atoms with van der Waals surface area (Å²) in [6, 6.07) is 5.13. The smallest absolute Gasteiger partial charge is 0.392 e. The third kappa shape index (κ3) is 3.40. The molecule has 1 saturated heterocycles. The summed E-state index contributed by atoms with van der Waals surface area (Å²) in [5.74, 6) is 0. The number of alkyl halides is 3. The lowest BCUT2D eigenvalue weighted by molar-refractivity contribution is -0.137. The van der Waals surface area contributed by atoms with Gasteiger partial charge in [0.25, 0.3) is 0 Å². The Morgan fingerprint density at radius 3 is 2.78 bits per heavy atom. The first-order chi connectivity index (χ1) is 10.8. The molecule has 1 aromatic heterocycles. The van der Waals surface area contributed by atoms with Gasteiger partial charge in [-0.3, -0.25) is 4.90 Å². The number of aliphatic hydroxyl groups is 1. The van der Waals surface area contributed by atoms with Gasteiger partial charge in [-0.15, -0.1) is 0 Å². The van der Waals surface area contributed by atoms with Crippen LogP contribution in [0.4, 0.5) is 13.2 Å². The maximum absolute atomic E-state index is 12.9. The van der Waals surface area contributed by atoms with Gasteiger partial charge < -0.3 is 9.67 Å². The lowest BCUT2D eigenvalue weighted by atomic mass is 10.0. The molecule has 0 aliphatic carbocycles. The standard InChI is InChI=1S/C16H18F3N3O/c1-21-10-20-7-13(21)8-22-9-14(23)6-15(22)11-3-2-4-12(5-11)16(17,18)19/h2-5,7,10,14-15,23H,6,8-9H2,1H3/t14-,15+/m1/s1. The molecule has 3 rings (SSSR count). The van der Waals surface area contributed by atoms with Crippen LogP contribution in [0.25, 0.3) is 0 Å². The summed E-state index contributed by atoms with van der Waals surface area (Å²) in [6.45, 7) is 0.973. The first kappa shape index (κ1) is 16.0. The Morgan fingerprint density at radius 2 is 2.13 bits per heavy atom. The molecule has 2 aromatic rings. The molecule has 1 aliphatic rings. The normalized spacial score (nSPS) is 22.7. The van der Waals surface area contributed by atoms with Crippen molar-refractivity contribution in [1.29, 1.82) is 0 Å². The molecule has 2 heterocycles. The molecule has 23 heavy (non-hydrogen) atoms. The third-order valence-corrected chi connectivity index (χ3v) is 4.26. The van der Waals surface area contributed by atoms with Crippen molar-refractivity contribution in [2.45, 2.75) is 31.3 Å². The fourth-order valence-electron chi connectivity index (χ4n) is 3.07. The van der Waals surface area contributed by atoms with Gasteiger partial charge in [-0.25, -0.2) is 4.98 Å². The Labute approximate surface area is 132 Å². The number of aryl methyl sites for hydroxylation is 1. The predicted molar refractivity (Wildman–Crippen MR) is 78.4 cm³/mol.